The van der Waals surface area contributed by atoms with Gasteiger partial charge in [0.15, 0.2) is 0 Å². The second-order valence-corrected chi connectivity index (χ2v) is 10.9. The van der Waals surface area contributed by atoms with E-state index in [4.69, 9.17) is 10.7 Å². The maximum Gasteiger partial charge on any atom is 0.127 e. The van der Waals surface area contributed by atoms with E-state index < -0.39 is 0 Å². The molecule has 196 valence electrons. The highest BCUT2D eigenvalue weighted by Crippen LogP contribution is 2.45. The van der Waals surface area contributed by atoms with Crippen LogP contribution in [-0.4, -0.2) is 10.7 Å². The summed E-state index contributed by atoms with van der Waals surface area (Å²) in [6.07, 6.45) is 2.41. The van der Waals surface area contributed by atoms with Crippen LogP contribution in [0.25, 0.3) is 31.9 Å². The summed E-state index contributed by atoms with van der Waals surface area (Å²) in [6, 6.07) is 16.9. The summed E-state index contributed by atoms with van der Waals surface area (Å²) < 4.78 is 1.20. The lowest BCUT2D eigenvalue weighted by atomic mass is 10.0. The number of fused-ring (bicyclic) bond motifs is 1. The molecule has 1 aromatic carbocycles. The van der Waals surface area contributed by atoms with Crippen LogP contribution in [0.4, 0.5) is 5.69 Å². The molecule has 0 fully saturated rings. The van der Waals surface area contributed by atoms with Gasteiger partial charge >= 0.3 is 0 Å². The molecule has 0 aliphatic heterocycles. The highest BCUT2D eigenvalue weighted by Gasteiger charge is 2.18. The molecule has 2 nitrogen and oxygen atoms in total. The predicted octanol–water partition coefficient (Wildman–Crippen LogP) is 10.3. The Hall–Kier alpha value is -4.54. The predicted molar refractivity (Wildman–Crippen MR) is 176 cm³/mol. The third kappa shape index (κ3) is 9.97. The van der Waals surface area contributed by atoms with Crippen molar-refractivity contribution >= 4 is 50.3 Å². The second kappa shape index (κ2) is 18.7. The molecule has 4 rings (SSSR count). The summed E-state index contributed by atoms with van der Waals surface area (Å²) in [5, 5.41) is 3.19. The first-order chi connectivity index (χ1) is 19.6. The van der Waals surface area contributed by atoms with E-state index >= 15 is 0 Å². The highest BCUT2D eigenvalue weighted by atomic mass is 32.2. The molecule has 3 aromatic heterocycles. The molecule has 0 atom stereocenters. The van der Waals surface area contributed by atoms with Crippen LogP contribution in [0.1, 0.15) is 19.8 Å². The summed E-state index contributed by atoms with van der Waals surface area (Å²) in [4.78, 5) is 7.17. The smallest absolute Gasteiger partial charge is 0.127 e. The molecule has 0 saturated carbocycles. The summed E-state index contributed by atoms with van der Waals surface area (Å²) in [6.45, 7) is 15.2. The van der Waals surface area contributed by atoms with Crippen molar-refractivity contribution in [3.63, 3.8) is 0 Å². The molecule has 0 radical (unpaired) electrons. The van der Waals surface area contributed by atoms with Gasteiger partial charge in [-0.2, -0.15) is 0 Å². The normalized spacial score (nSPS) is 8.53. The van der Waals surface area contributed by atoms with E-state index in [2.05, 4.69) is 138 Å². The zero-order valence-corrected chi connectivity index (χ0v) is 24.8. The quantitative estimate of drug-likeness (QED) is 0.142. The number of anilines is 1. The number of nitrogen functional groups attached to an aromatic ring is 1. The lowest BCUT2D eigenvalue weighted by Crippen LogP contribution is -1.90. The standard InChI is InChI=1S/C21H20N2S3.C8H4.C6H4/c1-2-3-11-25-21-19(22)18-15(14-8-5-4-6-9-14)13-16(23-20(18)26-21)17-10-7-12-24-17;1-3-5-7-8-6-4-2;1-3-5-6-4-2/h4-10,12-13H,2-3,11,22H2,1H3;1-2H2;1-2H2. The fraction of sp³-hybridized carbons (Fsp3) is 0.114. The van der Waals surface area contributed by atoms with Crippen LogP contribution in [0.15, 0.2) is 142 Å². The lowest BCUT2D eigenvalue weighted by Gasteiger charge is -2.08. The number of thiophene rings is 2. The van der Waals surface area contributed by atoms with E-state index in [1.165, 1.54) is 33.1 Å². The molecule has 3 heterocycles. The zero-order chi connectivity index (χ0) is 29.0. The van der Waals surface area contributed by atoms with Crippen molar-refractivity contribution < 1.29 is 0 Å². The van der Waals surface area contributed by atoms with Gasteiger partial charge in [0.25, 0.3) is 0 Å². The highest BCUT2D eigenvalue weighted by molar-refractivity contribution is 8.01. The first-order valence-electron chi connectivity index (χ1n) is 12.1. The molecule has 0 aliphatic carbocycles. The lowest BCUT2D eigenvalue weighted by molar-refractivity contribution is 0.897. The number of pyridine rings is 1. The maximum atomic E-state index is 6.58. The number of unbranched alkanes of at least 4 members (excludes halogenated alkanes) is 1. The van der Waals surface area contributed by atoms with Crippen molar-refractivity contribution in [1.29, 1.82) is 0 Å². The first-order valence-corrected chi connectivity index (χ1v) is 14.8. The largest absolute Gasteiger partial charge is 0.397 e. The van der Waals surface area contributed by atoms with Crippen LogP contribution in [0.2, 0.25) is 0 Å². The number of rotatable bonds is 6. The average molecular weight is 573 g/mol. The van der Waals surface area contributed by atoms with Crippen molar-refractivity contribution in [2.24, 2.45) is 0 Å². The molecule has 40 heavy (non-hydrogen) atoms. The summed E-state index contributed by atoms with van der Waals surface area (Å²) in [5.74, 6) is 1.10. The third-order valence-electron chi connectivity index (χ3n) is 4.86. The van der Waals surface area contributed by atoms with Gasteiger partial charge in [-0.3, -0.25) is 0 Å². The van der Waals surface area contributed by atoms with Gasteiger partial charge in [0.05, 0.1) is 20.5 Å². The number of thioether (sulfide) groups is 1. The molecular weight excluding hydrogens is 545 g/mol. The van der Waals surface area contributed by atoms with E-state index in [9.17, 15) is 0 Å². The van der Waals surface area contributed by atoms with Gasteiger partial charge in [0.1, 0.15) is 4.83 Å². The molecule has 2 N–H and O–H groups in total. The number of benzene rings is 1. The minimum Gasteiger partial charge on any atom is -0.397 e. The van der Waals surface area contributed by atoms with E-state index in [1.54, 1.807) is 22.7 Å². The van der Waals surface area contributed by atoms with E-state index in [-0.39, 0.29) is 0 Å². The average Bonchev–Trinajstić information content (AvgIpc) is 3.64. The van der Waals surface area contributed by atoms with Crippen molar-refractivity contribution in [3.8, 4) is 21.7 Å². The van der Waals surface area contributed by atoms with Gasteiger partial charge in [0.2, 0.25) is 0 Å². The van der Waals surface area contributed by atoms with Crippen LogP contribution in [-0.2, 0) is 0 Å². The molecular formula is C35H28N2S3. The van der Waals surface area contributed by atoms with Crippen molar-refractivity contribution in [1.82, 2.24) is 4.98 Å². The fourth-order valence-electron chi connectivity index (χ4n) is 3.15. The Morgan fingerprint density at radius 2 is 1.48 bits per heavy atom. The third-order valence-corrected chi connectivity index (χ3v) is 8.22. The molecule has 0 bridgehead atoms. The molecule has 5 heteroatoms. The minimum absolute atomic E-state index is 0.884. The molecule has 0 unspecified atom stereocenters. The van der Waals surface area contributed by atoms with E-state index in [0.717, 1.165) is 27.4 Å². The van der Waals surface area contributed by atoms with Gasteiger partial charge in [-0.15, -0.1) is 34.4 Å². The first kappa shape index (κ1) is 31.7. The van der Waals surface area contributed by atoms with E-state index in [0.29, 0.717) is 0 Å². The summed E-state index contributed by atoms with van der Waals surface area (Å²) >= 11 is 5.31. The Morgan fingerprint density at radius 3 is 2.02 bits per heavy atom. The Kier molecular flexibility index (Phi) is 14.8. The van der Waals surface area contributed by atoms with Crippen LogP contribution in [0.3, 0.4) is 0 Å². The van der Waals surface area contributed by atoms with Gasteiger partial charge in [0, 0.05) is 5.39 Å². The van der Waals surface area contributed by atoms with Gasteiger partial charge in [-0.05, 0) is 102 Å². The summed E-state index contributed by atoms with van der Waals surface area (Å²) in [7, 11) is 0. The number of hydrogen-bond donors (Lipinski definition) is 1. The molecule has 0 spiro atoms. The molecule has 0 saturated heterocycles. The maximum absolute atomic E-state index is 6.58. The van der Waals surface area contributed by atoms with Crippen LogP contribution in [0, 0.1) is 0 Å². The van der Waals surface area contributed by atoms with Crippen molar-refractivity contribution in [2.75, 3.05) is 11.5 Å². The second-order valence-electron chi connectivity index (χ2n) is 7.54. The van der Waals surface area contributed by atoms with Gasteiger partial charge in [-0.25, -0.2) is 4.98 Å². The Balaban J connectivity index is 0.000000333. The van der Waals surface area contributed by atoms with Crippen LogP contribution < -0.4 is 5.73 Å². The number of aromatic nitrogens is 1. The number of hydrogen-bond acceptors (Lipinski definition) is 5. The Bertz CT molecular complexity index is 1730. The topological polar surface area (TPSA) is 38.9 Å². The minimum atomic E-state index is 0.884. The Labute approximate surface area is 248 Å². The molecule has 0 amide bonds. The number of nitrogens with zero attached hydrogens (tertiary/aromatic N) is 1. The van der Waals surface area contributed by atoms with Gasteiger partial charge in [-0.1, -0.05) is 72.7 Å². The van der Waals surface area contributed by atoms with Crippen LogP contribution in [0.5, 0.6) is 0 Å². The van der Waals surface area contributed by atoms with Gasteiger partial charge < -0.3 is 5.73 Å². The number of nitrogens with two attached hydrogens (primary N) is 1. The zero-order valence-electron chi connectivity index (χ0n) is 22.4. The molecule has 4 aromatic rings. The molecule has 0 aliphatic rings. The fourth-order valence-corrected chi connectivity index (χ4v) is 6.29. The monoisotopic (exact) mass is 572 g/mol. The van der Waals surface area contributed by atoms with E-state index in [1.807, 2.05) is 17.8 Å². The SMILES string of the molecule is C=C=C=C=C=C.C=C=C=C=C=C=C=C.CCCCSc1sc2nc(-c3cccs3)cc(-c3ccccc3)c2c1N. The van der Waals surface area contributed by atoms with Crippen molar-refractivity contribution in [3.05, 3.63) is 138 Å². The van der Waals surface area contributed by atoms with Crippen molar-refractivity contribution in [2.45, 2.75) is 24.0 Å². The Morgan fingerprint density at radius 1 is 0.850 bits per heavy atom. The van der Waals surface area contributed by atoms with Crippen LogP contribution >= 0.6 is 34.4 Å². The summed E-state index contributed by atoms with van der Waals surface area (Å²) in [5.41, 5.74) is 34.9.